The highest BCUT2D eigenvalue weighted by Crippen LogP contribution is 2.64. The van der Waals surface area contributed by atoms with Crippen LogP contribution in [0.3, 0.4) is 0 Å². The Hall–Kier alpha value is 0.880. The fraction of sp³-hybridized carbons (Fsp3) is 1.00. The van der Waals surface area contributed by atoms with Gasteiger partial charge in [-0.05, 0) is 40.5 Å². The molecule has 0 aromatic rings. The zero-order chi connectivity index (χ0) is 49.7. The maximum atomic E-state index is 12.9. The third kappa shape index (κ3) is 14.5. The van der Waals surface area contributed by atoms with Crippen molar-refractivity contribution in [3.63, 3.8) is 0 Å². The van der Waals surface area contributed by atoms with E-state index in [-0.39, 0.29) is 27.7 Å². The van der Waals surface area contributed by atoms with Crippen LogP contribution < -0.4 is 0 Å². The van der Waals surface area contributed by atoms with E-state index in [4.69, 9.17) is 0 Å². The van der Waals surface area contributed by atoms with Gasteiger partial charge in [-0.1, -0.05) is 0 Å². The van der Waals surface area contributed by atoms with Gasteiger partial charge in [0.15, 0.2) is 44.5 Å². The van der Waals surface area contributed by atoms with Gasteiger partial charge in [-0.3, -0.25) is 56.1 Å². The first kappa shape index (κ1) is 60.9. The van der Waals surface area contributed by atoms with Crippen molar-refractivity contribution in [1.82, 2.24) is 19.6 Å². The molecule has 8 atom stereocenters. The van der Waals surface area contributed by atoms with Gasteiger partial charge in [-0.15, -0.1) is 0 Å². The number of aliphatic hydroxyl groups is 4. The van der Waals surface area contributed by atoms with Crippen LogP contribution in [-0.2, 0) is 36.5 Å². The van der Waals surface area contributed by atoms with Crippen molar-refractivity contribution in [3.05, 3.63) is 0 Å². The second-order valence-corrected chi connectivity index (χ2v) is 29.9. The fourth-order valence-electron chi connectivity index (χ4n) is 7.00. The lowest BCUT2D eigenvalue weighted by Gasteiger charge is -2.46. The first-order valence-corrected chi connectivity index (χ1v) is 30.4. The molecule has 62 heavy (non-hydrogen) atoms. The summed E-state index contributed by atoms with van der Waals surface area (Å²) in [7, 11) is -48.5. The predicted octanol–water partition coefficient (Wildman–Crippen LogP) is -4.45. The van der Waals surface area contributed by atoms with E-state index in [2.05, 4.69) is 0 Å². The maximum Gasteiger partial charge on any atom is 0.358 e. The second kappa shape index (κ2) is 20.1. The van der Waals surface area contributed by atoms with Crippen LogP contribution in [0.5, 0.6) is 0 Å². The molecule has 1 saturated heterocycles. The van der Waals surface area contributed by atoms with Crippen LogP contribution in [0.25, 0.3) is 0 Å². The van der Waals surface area contributed by atoms with Crippen LogP contribution in [0.15, 0.2) is 0 Å². The van der Waals surface area contributed by atoms with Crippen LogP contribution in [0.4, 0.5) is 0 Å². The summed E-state index contributed by atoms with van der Waals surface area (Å²) in [6.07, 6.45) is -1.79. The van der Waals surface area contributed by atoms with Crippen molar-refractivity contribution >= 4 is 60.8 Å². The van der Waals surface area contributed by atoms with E-state index in [1.165, 1.54) is 0 Å². The summed E-state index contributed by atoms with van der Waals surface area (Å²) >= 11 is 0. The van der Waals surface area contributed by atoms with Gasteiger partial charge in [0.05, 0.1) is 0 Å². The Morgan fingerprint density at radius 2 is 0.435 bits per heavy atom. The third-order valence-electron chi connectivity index (χ3n) is 10.1. The van der Waals surface area contributed by atoms with Gasteiger partial charge < -0.3 is 98.7 Å². The molecule has 372 valence electrons. The van der Waals surface area contributed by atoms with Gasteiger partial charge in [0.25, 0.3) is 0 Å². The normalized spacial score (nSPS) is 24.6. The molecule has 0 saturated carbocycles. The van der Waals surface area contributed by atoms with Gasteiger partial charge in [0.2, 0.25) is 0 Å². The molecule has 0 bridgehead atoms. The van der Waals surface area contributed by atoms with Gasteiger partial charge in [0, 0.05) is 52.4 Å². The molecule has 0 radical (unpaired) electrons. The average Bonchev–Trinajstić information content (AvgIpc) is 2.95. The summed E-state index contributed by atoms with van der Waals surface area (Å²) in [6, 6.07) is 0. The summed E-state index contributed by atoms with van der Waals surface area (Å²) in [4.78, 5) is 164. The molecule has 1 aliphatic rings. The van der Waals surface area contributed by atoms with E-state index in [0.717, 1.165) is 0 Å². The van der Waals surface area contributed by atoms with Crippen LogP contribution >= 0.6 is 60.8 Å². The molecule has 32 nitrogen and oxygen atoms in total. The zero-order valence-corrected chi connectivity index (χ0v) is 40.1. The van der Waals surface area contributed by atoms with Gasteiger partial charge in [0.1, 0.15) is 0 Å². The summed E-state index contributed by atoms with van der Waals surface area (Å²) in [5.41, 5.74) is 0. The summed E-state index contributed by atoms with van der Waals surface area (Å²) in [6.45, 7) is -8.14. The van der Waals surface area contributed by atoms with Crippen LogP contribution in [0.1, 0.15) is 40.5 Å². The molecule has 1 heterocycles. The molecular formula is C22H56N4O28P8. The highest BCUT2D eigenvalue weighted by atomic mass is 31.2. The Morgan fingerprint density at radius 3 is 0.532 bits per heavy atom. The first-order valence-electron chi connectivity index (χ1n) is 17.2. The van der Waals surface area contributed by atoms with E-state index in [9.17, 15) is 135 Å². The lowest BCUT2D eigenvalue weighted by atomic mass is 10.2. The molecule has 1 aliphatic heterocycles. The number of hydrogen-bond donors (Lipinski definition) is 20. The molecule has 0 amide bonds. The Bertz CT molecular complexity index is 1680. The monoisotopic (exact) mass is 1070 g/mol. The quantitative estimate of drug-likeness (QED) is 0.0648. The highest BCUT2D eigenvalue weighted by Gasteiger charge is 2.62. The molecule has 0 aromatic heterocycles. The Labute approximate surface area is 352 Å². The molecular weight excluding hydrogens is 1020 g/mol. The van der Waals surface area contributed by atoms with Crippen molar-refractivity contribution in [2.24, 2.45) is 0 Å². The highest BCUT2D eigenvalue weighted by molar-refractivity contribution is 7.59. The molecule has 1 rings (SSSR count). The van der Waals surface area contributed by atoms with E-state index in [0.29, 0.717) is 19.6 Å². The summed E-state index contributed by atoms with van der Waals surface area (Å²) < 4.78 is 102. The smallest absolute Gasteiger partial charge is 0.358 e. The number of nitrogens with zero attached hydrogens (tertiary/aromatic N) is 4. The number of hydrogen-bond acceptors (Lipinski definition) is 16. The minimum Gasteiger partial charge on any atom is -0.376 e. The predicted molar refractivity (Wildman–Crippen MR) is 210 cm³/mol. The largest absolute Gasteiger partial charge is 0.376 e. The fourth-order valence-corrected chi connectivity index (χ4v) is 17.6. The molecule has 8 unspecified atom stereocenters. The molecule has 0 aromatic carbocycles. The van der Waals surface area contributed by atoms with Crippen LogP contribution in [0.2, 0.25) is 0 Å². The topological polar surface area (TPSA) is 554 Å². The second-order valence-electron chi connectivity index (χ2n) is 15.3. The van der Waals surface area contributed by atoms with Crippen LogP contribution in [-0.4, -0.2) is 215 Å². The molecule has 0 aliphatic carbocycles. The molecule has 1 fully saturated rings. The molecule has 20 N–H and O–H groups in total. The zero-order valence-electron chi connectivity index (χ0n) is 33.0. The SMILES string of the molecule is CC(O)(C(N1CCCN(C(C(C)(O)P(=O)(O)O)P(=O)(O)O)CCN(C(C(C)(O)P(=O)(O)O)P(=O)(O)O)CCCN(C(C(C)(O)P(=O)(O)O)P(=O)(O)O)CC1)P(=O)(O)O)P(=O)(O)O. The Kier molecular flexibility index (Phi) is 19.7. The van der Waals surface area contributed by atoms with Gasteiger partial charge in [-0.2, -0.15) is 0 Å². The van der Waals surface area contributed by atoms with Crippen molar-refractivity contribution in [2.45, 2.75) is 85.0 Å². The Balaban J connectivity index is 4.47. The number of rotatable bonds is 16. The maximum absolute atomic E-state index is 12.9. The van der Waals surface area contributed by atoms with Crippen molar-refractivity contribution in [1.29, 1.82) is 0 Å². The van der Waals surface area contributed by atoms with Crippen molar-refractivity contribution in [2.75, 3.05) is 52.4 Å². The van der Waals surface area contributed by atoms with E-state index >= 15 is 0 Å². The van der Waals surface area contributed by atoms with E-state index in [1.807, 2.05) is 0 Å². The molecule has 0 spiro atoms. The minimum absolute atomic E-state index is 0.254. The Morgan fingerprint density at radius 1 is 0.306 bits per heavy atom. The van der Waals surface area contributed by atoms with E-state index in [1.54, 1.807) is 0 Å². The van der Waals surface area contributed by atoms with Gasteiger partial charge in [-0.25, -0.2) is 0 Å². The summed E-state index contributed by atoms with van der Waals surface area (Å²) in [5, 5.41) is 28.8. The minimum atomic E-state index is -6.08. The average molecular weight is 1070 g/mol. The standard InChI is InChI=1S/C22H56N4O28P8/c1-19(27,59(43,44)45)15(55(31,32)33)23-7-5-8-25(17(57(37,38)39)21(3,29)61(49,50)51)13-14-26(18(58(40,41)42)22(4,30)62(52,53)54)10-6-9-24(12-11-23)16(56(34,35)36)20(2,28)60(46,47)48/h15-18,27-30H,5-14H2,1-4H3,(H2,31,32,33)(H2,34,35,36)(H2,37,38,39)(H2,40,41,42)(H2,43,44,45)(H2,46,47,48)(H2,49,50,51)(H2,52,53,54). The van der Waals surface area contributed by atoms with Crippen molar-refractivity contribution in [3.8, 4) is 0 Å². The summed E-state index contributed by atoms with van der Waals surface area (Å²) in [5.74, 6) is -12.2. The lowest BCUT2D eigenvalue weighted by Crippen LogP contribution is -2.58. The van der Waals surface area contributed by atoms with Crippen LogP contribution in [0, 0.1) is 0 Å². The molecule has 40 heteroatoms. The van der Waals surface area contributed by atoms with Crippen molar-refractivity contribution < 1.29 is 135 Å². The third-order valence-corrected chi connectivity index (χ3v) is 22.5. The van der Waals surface area contributed by atoms with E-state index < -0.39 is 170 Å². The first-order chi connectivity index (χ1) is 26.9. The lowest BCUT2D eigenvalue weighted by molar-refractivity contribution is -0.00258. The van der Waals surface area contributed by atoms with Gasteiger partial charge >= 0.3 is 60.8 Å².